The predicted octanol–water partition coefficient (Wildman–Crippen LogP) is 3.08. The highest BCUT2D eigenvalue weighted by Gasteiger charge is 2.26. The van der Waals surface area contributed by atoms with Crippen molar-refractivity contribution in [3.8, 4) is 0 Å². The first-order valence-corrected chi connectivity index (χ1v) is 9.52. The first-order valence-electron chi connectivity index (χ1n) is 9.52. The number of carbonyl (C=O) groups excluding carboxylic acids is 1. The molecule has 6 nitrogen and oxygen atoms in total. The molecule has 1 amide bonds. The van der Waals surface area contributed by atoms with E-state index in [1.54, 1.807) is 37.3 Å². The van der Waals surface area contributed by atoms with E-state index in [4.69, 9.17) is 4.42 Å². The molecule has 0 bridgehead atoms. The van der Waals surface area contributed by atoms with Gasteiger partial charge in [-0.2, -0.15) is 0 Å². The predicted molar refractivity (Wildman–Crippen MR) is 105 cm³/mol. The fourth-order valence-corrected chi connectivity index (χ4v) is 3.78. The Bertz CT molecular complexity index is 1110. The number of para-hydroxylation sites is 2. The normalized spacial score (nSPS) is 17.6. The molecule has 2 atom stereocenters. The quantitative estimate of drug-likeness (QED) is 0.714. The van der Waals surface area contributed by atoms with Crippen molar-refractivity contribution in [1.29, 1.82) is 0 Å². The molecule has 2 unspecified atom stereocenters. The first-order chi connectivity index (χ1) is 13.9. The maximum Gasteiger partial charge on any atom is 0.420 e. The molecule has 2 heterocycles. The average molecular weight is 401 g/mol. The number of amides is 1. The zero-order valence-electron chi connectivity index (χ0n) is 15.9. The summed E-state index contributed by atoms with van der Waals surface area (Å²) >= 11 is 0. The second kappa shape index (κ2) is 7.69. The standard InChI is InChI=1S/C21H21F2N3O3/c1-13(26-18-4-2-3-5-19(18)29-21(26)28)20(27)24-11-14-8-9-25(12-14)15-6-7-16(22)17(23)10-15/h2-7,10,13-14H,8-9,11-12H2,1H3,(H,24,27). The highest BCUT2D eigenvalue weighted by molar-refractivity contribution is 5.82. The van der Waals surface area contributed by atoms with Crippen LogP contribution < -0.4 is 16.0 Å². The maximum atomic E-state index is 13.5. The van der Waals surface area contributed by atoms with Gasteiger partial charge in [0.2, 0.25) is 5.91 Å². The molecule has 0 spiro atoms. The Morgan fingerprint density at radius 2 is 2.03 bits per heavy atom. The molecule has 4 rings (SSSR count). The van der Waals surface area contributed by atoms with Gasteiger partial charge >= 0.3 is 5.76 Å². The minimum Gasteiger partial charge on any atom is -0.408 e. The summed E-state index contributed by atoms with van der Waals surface area (Å²) in [6.07, 6.45) is 0.822. The van der Waals surface area contributed by atoms with Crippen molar-refractivity contribution in [2.75, 3.05) is 24.5 Å². The number of fused-ring (bicyclic) bond motifs is 1. The molecule has 1 aromatic heterocycles. The molecule has 1 aliphatic rings. The van der Waals surface area contributed by atoms with E-state index in [2.05, 4.69) is 5.32 Å². The second-order valence-corrected chi connectivity index (χ2v) is 7.33. The molecule has 1 N–H and O–H groups in total. The fraction of sp³-hybridized carbons (Fsp3) is 0.333. The summed E-state index contributed by atoms with van der Waals surface area (Å²) < 4.78 is 33.1. The van der Waals surface area contributed by atoms with E-state index >= 15 is 0 Å². The molecule has 2 aromatic carbocycles. The van der Waals surface area contributed by atoms with E-state index in [9.17, 15) is 18.4 Å². The Kier molecular flexibility index (Phi) is 5.08. The summed E-state index contributed by atoms with van der Waals surface area (Å²) in [7, 11) is 0. The summed E-state index contributed by atoms with van der Waals surface area (Å²) in [4.78, 5) is 26.7. The Morgan fingerprint density at radius 3 is 2.83 bits per heavy atom. The maximum absolute atomic E-state index is 13.5. The third-order valence-electron chi connectivity index (χ3n) is 5.40. The van der Waals surface area contributed by atoms with Gasteiger partial charge in [0.05, 0.1) is 5.52 Å². The van der Waals surface area contributed by atoms with Crippen LogP contribution in [0.5, 0.6) is 0 Å². The van der Waals surface area contributed by atoms with Crippen molar-refractivity contribution in [3.05, 3.63) is 64.6 Å². The largest absolute Gasteiger partial charge is 0.420 e. The number of hydrogen-bond donors (Lipinski definition) is 1. The molecule has 3 aromatic rings. The van der Waals surface area contributed by atoms with Crippen molar-refractivity contribution in [1.82, 2.24) is 9.88 Å². The van der Waals surface area contributed by atoms with Crippen LogP contribution in [0.2, 0.25) is 0 Å². The molecule has 0 saturated carbocycles. The molecule has 8 heteroatoms. The summed E-state index contributed by atoms with van der Waals surface area (Å²) in [5.74, 6) is -2.40. The average Bonchev–Trinajstić information content (AvgIpc) is 3.31. The Labute approximate surface area is 165 Å². The number of aromatic nitrogens is 1. The van der Waals surface area contributed by atoms with Crippen molar-refractivity contribution >= 4 is 22.7 Å². The zero-order valence-corrected chi connectivity index (χ0v) is 15.9. The van der Waals surface area contributed by atoms with E-state index in [-0.39, 0.29) is 11.8 Å². The summed E-state index contributed by atoms with van der Waals surface area (Å²) in [5, 5.41) is 2.90. The lowest BCUT2D eigenvalue weighted by Gasteiger charge is -2.19. The number of rotatable bonds is 5. The van der Waals surface area contributed by atoms with Gasteiger partial charge < -0.3 is 14.6 Å². The smallest absolute Gasteiger partial charge is 0.408 e. The van der Waals surface area contributed by atoms with Gasteiger partial charge in [0.15, 0.2) is 17.2 Å². The van der Waals surface area contributed by atoms with Crippen LogP contribution in [0, 0.1) is 17.6 Å². The Balaban J connectivity index is 1.38. The van der Waals surface area contributed by atoms with E-state index in [0.717, 1.165) is 12.5 Å². The van der Waals surface area contributed by atoms with E-state index < -0.39 is 23.4 Å². The lowest BCUT2D eigenvalue weighted by Crippen LogP contribution is -2.37. The number of nitrogens with zero attached hydrogens (tertiary/aromatic N) is 2. The van der Waals surface area contributed by atoms with Crippen molar-refractivity contribution in [3.63, 3.8) is 0 Å². The number of carbonyl (C=O) groups is 1. The molecular weight excluding hydrogens is 380 g/mol. The molecule has 29 heavy (non-hydrogen) atoms. The van der Waals surface area contributed by atoms with Gasteiger partial charge in [0.25, 0.3) is 0 Å². The van der Waals surface area contributed by atoms with Gasteiger partial charge in [-0.15, -0.1) is 0 Å². The second-order valence-electron chi connectivity index (χ2n) is 7.33. The van der Waals surface area contributed by atoms with Crippen molar-refractivity contribution in [2.24, 2.45) is 5.92 Å². The van der Waals surface area contributed by atoms with Gasteiger partial charge in [-0.3, -0.25) is 9.36 Å². The fourth-order valence-electron chi connectivity index (χ4n) is 3.78. The van der Waals surface area contributed by atoms with E-state index in [1.165, 1.54) is 10.6 Å². The van der Waals surface area contributed by atoms with Gasteiger partial charge in [0, 0.05) is 31.4 Å². The minimum atomic E-state index is -0.870. The first kappa shape index (κ1) is 19.2. The summed E-state index contributed by atoms with van der Waals surface area (Å²) in [6.45, 7) is 3.43. The van der Waals surface area contributed by atoms with Crippen LogP contribution in [-0.4, -0.2) is 30.1 Å². The lowest BCUT2D eigenvalue weighted by molar-refractivity contribution is -0.124. The molecule has 1 aliphatic heterocycles. The van der Waals surface area contributed by atoms with Gasteiger partial charge in [-0.25, -0.2) is 13.6 Å². The van der Waals surface area contributed by atoms with Crippen LogP contribution in [0.25, 0.3) is 11.1 Å². The van der Waals surface area contributed by atoms with Gasteiger partial charge in [0.1, 0.15) is 6.04 Å². The van der Waals surface area contributed by atoms with Crippen molar-refractivity contribution < 1.29 is 18.0 Å². The molecular formula is C21H21F2N3O3. The van der Waals surface area contributed by atoms with Crippen LogP contribution in [0.1, 0.15) is 19.4 Å². The lowest BCUT2D eigenvalue weighted by atomic mass is 10.1. The monoisotopic (exact) mass is 401 g/mol. The topological polar surface area (TPSA) is 67.5 Å². The third kappa shape index (κ3) is 3.74. The number of hydrogen-bond acceptors (Lipinski definition) is 4. The highest BCUT2D eigenvalue weighted by atomic mass is 19.2. The van der Waals surface area contributed by atoms with E-state index in [1.807, 2.05) is 4.90 Å². The molecule has 152 valence electrons. The molecule has 0 aliphatic carbocycles. The number of anilines is 1. The van der Waals surface area contributed by atoms with Crippen LogP contribution in [0.4, 0.5) is 14.5 Å². The molecule has 0 radical (unpaired) electrons. The highest BCUT2D eigenvalue weighted by Crippen LogP contribution is 2.25. The summed E-state index contributed by atoms with van der Waals surface area (Å²) in [6, 6.07) is 10.1. The molecule has 1 saturated heterocycles. The van der Waals surface area contributed by atoms with Crippen LogP contribution >= 0.6 is 0 Å². The van der Waals surface area contributed by atoms with Crippen molar-refractivity contribution in [2.45, 2.75) is 19.4 Å². The number of halogens is 2. The van der Waals surface area contributed by atoms with Gasteiger partial charge in [-0.1, -0.05) is 12.1 Å². The zero-order chi connectivity index (χ0) is 20.5. The van der Waals surface area contributed by atoms with Crippen LogP contribution in [-0.2, 0) is 4.79 Å². The third-order valence-corrected chi connectivity index (χ3v) is 5.40. The minimum absolute atomic E-state index is 0.178. The molecule has 1 fully saturated rings. The van der Waals surface area contributed by atoms with Crippen LogP contribution in [0.3, 0.4) is 0 Å². The SMILES string of the molecule is CC(C(=O)NCC1CCN(c2ccc(F)c(F)c2)C1)n1c(=O)oc2ccccc21. The summed E-state index contributed by atoms with van der Waals surface area (Å²) in [5.41, 5.74) is 1.64. The number of nitrogens with one attached hydrogen (secondary N) is 1. The van der Waals surface area contributed by atoms with E-state index in [0.29, 0.717) is 36.4 Å². The Hall–Kier alpha value is -3.16. The number of oxazole rings is 1. The number of benzene rings is 2. The Morgan fingerprint density at radius 1 is 1.24 bits per heavy atom. The van der Waals surface area contributed by atoms with Gasteiger partial charge in [-0.05, 0) is 43.5 Å². The van der Waals surface area contributed by atoms with Crippen LogP contribution in [0.15, 0.2) is 51.7 Å².